The molecule has 0 aliphatic rings. The van der Waals surface area contributed by atoms with Gasteiger partial charge in [-0.1, -0.05) is 19.1 Å². The van der Waals surface area contributed by atoms with Crippen molar-refractivity contribution in [3.63, 3.8) is 0 Å². The van der Waals surface area contributed by atoms with Crippen LogP contribution in [0.2, 0.25) is 0 Å². The number of pyridine rings is 2. The second-order valence-electron chi connectivity index (χ2n) is 9.28. The van der Waals surface area contributed by atoms with E-state index in [4.69, 9.17) is 4.74 Å². The molecule has 0 aliphatic carbocycles. The molecular weight excluding hydrogens is 495 g/mol. The lowest BCUT2D eigenvalue weighted by Crippen LogP contribution is -2.10. The molecule has 3 N–H and O–H groups in total. The molecule has 4 aromatic heterocycles. The zero-order chi connectivity index (χ0) is 26.9. The summed E-state index contributed by atoms with van der Waals surface area (Å²) in [6.07, 6.45) is 6.29. The minimum Gasteiger partial charge on any atom is -0.497 e. The van der Waals surface area contributed by atoms with Gasteiger partial charge < -0.3 is 15.0 Å². The molecule has 9 heteroatoms. The molecule has 0 bridgehead atoms. The van der Waals surface area contributed by atoms with Gasteiger partial charge in [-0.3, -0.25) is 19.9 Å². The van der Waals surface area contributed by atoms with Crippen molar-refractivity contribution in [3.05, 3.63) is 79.0 Å². The summed E-state index contributed by atoms with van der Waals surface area (Å²) in [4.78, 5) is 24.4. The number of halogens is 1. The number of carbonyl (C=O) groups is 1. The molecule has 0 saturated heterocycles. The summed E-state index contributed by atoms with van der Waals surface area (Å²) in [7, 11) is 1.52. The summed E-state index contributed by atoms with van der Waals surface area (Å²) < 4.78 is 19.5. The molecule has 0 spiro atoms. The molecule has 0 radical (unpaired) electrons. The predicted octanol–water partition coefficient (Wildman–Crippen LogP) is 6.72. The van der Waals surface area contributed by atoms with E-state index in [1.807, 2.05) is 49.4 Å². The molecule has 0 saturated carbocycles. The van der Waals surface area contributed by atoms with Crippen molar-refractivity contribution in [3.8, 4) is 39.5 Å². The largest absolute Gasteiger partial charge is 0.497 e. The van der Waals surface area contributed by atoms with Gasteiger partial charge in [0.2, 0.25) is 5.91 Å². The molecule has 0 unspecified atom stereocenters. The van der Waals surface area contributed by atoms with Crippen molar-refractivity contribution < 1.29 is 13.9 Å². The molecule has 6 aromatic rings. The van der Waals surface area contributed by atoms with Crippen LogP contribution in [0.3, 0.4) is 0 Å². The Morgan fingerprint density at radius 3 is 2.74 bits per heavy atom. The van der Waals surface area contributed by atoms with Crippen LogP contribution in [0.4, 0.5) is 10.1 Å². The van der Waals surface area contributed by atoms with E-state index in [1.165, 1.54) is 19.2 Å². The van der Waals surface area contributed by atoms with Gasteiger partial charge in [0.05, 0.1) is 42.1 Å². The topological polar surface area (TPSA) is 109 Å². The highest BCUT2D eigenvalue weighted by Crippen LogP contribution is 2.36. The van der Waals surface area contributed by atoms with E-state index in [9.17, 15) is 9.18 Å². The van der Waals surface area contributed by atoms with Gasteiger partial charge in [0.1, 0.15) is 17.3 Å². The summed E-state index contributed by atoms with van der Waals surface area (Å²) in [5, 5.41) is 12.3. The second-order valence-corrected chi connectivity index (χ2v) is 9.28. The van der Waals surface area contributed by atoms with Crippen LogP contribution in [0.15, 0.2) is 73.2 Å². The Bertz CT molecular complexity index is 1840. The smallest absolute Gasteiger partial charge is 0.224 e. The number of methoxy groups -OCH3 is 1. The second kappa shape index (κ2) is 10.0. The highest BCUT2D eigenvalue weighted by atomic mass is 19.1. The number of H-pyrrole nitrogens is 2. The van der Waals surface area contributed by atoms with Crippen molar-refractivity contribution in [2.24, 2.45) is 0 Å². The Morgan fingerprint density at radius 2 is 1.90 bits per heavy atom. The number of amides is 1. The maximum atomic E-state index is 14.3. The molecule has 1 amide bonds. The third kappa shape index (κ3) is 4.70. The Labute approximate surface area is 223 Å². The summed E-state index contributed by atoms with van der Waals surface area (Å²) in [5.41, 5.74) is 6.92. The highest BCUT2D eigenvalue weighted by Gasteiger charge is 2.16. The molecule has 0 aliphatic heterocycles. The van der Waals surface area contributed by atoms with Gasteiger partial charge in [-0.2, -0.15) is 5.10 Å². The summed E-state index contributed by atoms with van der Waals surface area (Å²) >= 11 is 0. The predicted molar refractivity (Wildman–Crippen MR) is 150 cm³/mol. The van der Waals surface area contributed by atoms with Crippen LogP contribution < -0.4 is 10.1 Å². The molecule has 39 heavy (non-hydrogen) atoms. The molecule has 4 heterocycles. The van der Waals surface area contributed by atoms with Gasteiger partial charge in [0.25, 0.3) is 0 Å². The van der Waals surface area contributed by atoms with Crippen LogP contribution in [0.1, 0.15) is 19.8 Å². The number of hydrogen-bond donors (Lipinski definition) is 3. The average molecular weight is 521 g/mol. The number of anilines is 1. The summed E-state index contributed by atoms with van der Waals surface area (Å²) in [6.45, 7) is 1.96. The lowest BCUT2D eigenvalue weighted by Gasteiger charge is -2.07. The zero-order valence-electron chi connectivity index (χ0n) is 21.4. The minimum atomic E-state index is -0.362. The maximum Gasteiger partial charge on any atom is 0.224 e. The van der Waals surface area contributed by atoms with E-state index < -0.39 is 0 Å². The Morgan fingerprint density at radius 1 is 1.00 bits per heavy atom. The number of nitrogens with one attached hydrogen (secondary N) is 3. The van der Waals surface area contributed by atoms with Crippen molar-refractivity contribution >= 4 is 33.4 Å². The first kappa shape index (κ1) is 24.3. The fourth-order valence-corrected chi connectivity index (χ4v) is 4.75. The first-order valence-corrected chi connectivity index (χ1v) is 12.6. The fraction of sp³-hybridized carbons (Fsp3) is 0.133. The Balaban J connectivity index is 1.40. The number of carbonyl (C=O) groups excluding carboxylic acids is 1. The first-order chi connectivity index (χ1) is 19.0. The van der Waals surface area contributed by atoms with E-state index in [0.717, 1.165) is 56.3 Å². The van der Waals surface area contributed by atoms with E-state index in [1.54, 1.807) is 18.6 Å². The highest BCUT2D eigenvalue weighted by molar-refractivity contribution is 6.01. The fourth-order valence-electron chi connectivity index (χ4n) is 4.75. The number of rotatable bonds is 7. The van der Waals surface area contributed by atoms with Crippen LogP contribution in [-0.2, 0) is 4.79 Å². The first-order valence-electron chi connectivity index (χ1n) is 12.6. The molecule has 8 nitrogen and oxygen atoms in total. The lowest BCUT2D eigenvalue weighted by molar-refractivity contribution is -0.116. The van der Waals surface area contributed by atoms with Gasteiger partial charge in [0.15, 0.2) is 0 Å². The van der Waals surface area contributed by atoms with E-state index in [0.29, 0.717) is 23.6 Å². The van der Waals surface area contributed by atoms with Crippen LogP contribution >= 0.6 is 0 Å². The SMILES string of the molecule is CCCC(=O)Nc1cncc(-c2cc3c(-c4cc5c(-c6cc(F)cc(OC)c6)cccc5[nH]4)n[nH]c3cn2)c1. The number of benzene rings is 2. The minimum absolute atomic E-state index is 0.0492. The quantitative estimate of drug-likeness (QED) is 0.216. The normalized spacial score (nSPS) is 11.3. The summed E-state index contributed by atoms with van der Waals surface area (Å²) in [5.74, 6) is 0.0466. The van der Waals surface area contributed by atoms with Crippen molar-refractivity contribution in [1.82, 2.24) is 25.1 Å². The zero-order valence-corrected chi connectivity index (χ0v) is 21.4. The number of aromatic nitrogens is 5. The molecule has 2 aromatic carbocycles. The van der Waals surface area contributed by atoms with Crippen molar-refractivity contribution in [2.45, 2.75) is 19.8 Å². The van der Waals surface area contributed by atoms with Gasteiger partial charge >= 0.3 is 0 Å². The van der Waals surface area contributed by atoms with Gasteiger partial charge in [-0.25, -0.2) is 4.39 Å². The van der Waals surface area contributed by atoms with Gasteiger partial charge in [0, 0.05) is 40.5 Å². The lowest BCUT2D eigenvalue weighted by atomic mass is 10.0. The number of hydrogen-bond acceptors (Lipinski definition) is 5. The van der Waals surface area contributed by atoms with Crippen LogP contribution in [-0.4, -0.2) is 38.2 Å². The molecular formula is C30H25FN6O2. The molecule has 6 rings (SSSR count). The Kier molecular flexibility index (Phi) is 6.24. The van der Waals surface area contributed by atoms with Crippen molar-refractivity contribution in [1.29, 1.82) is 0 Å². The van der Waals surface area contributed by atoms with E-state index >= 15 is 0 Å². The van der Waals surface area contributed by atoms with Gasteiger partial charge in [-0.15, -0.1) is 0 Å². The van der Waals surface area contributed by atoms with Crippen LogP contribution in [0, 0.1) is 5.82 Å². The van der Waals surface area contributed by atoms with Gasteiger partial charge in [-0.05, 0) is 53.9 Å². The van der Waals surface area contributed by atoms with E-state index in [-0.39, 0.29) is 11.7 Å². The maximum absolute atomic E-state index is 14.3. The van der Waals surface area contributed by atoms with Crippen LogP contribution in [0.5, 0.6) is 5.75 Å². The standard InChI is InChI=1S/C30H25FN6O2/c1-3-5-29(38)34-20-9-18(14-32-15-20)26-13-24-28(16-33-26)36-37-30(24)27-12-23-22(6-4-7-25(23)35-27)17-8-19(31)11-21(10-17)39-2/h4,6-16,35H,3,5H2,1-2H3,(H,34,38)(H,36,37). The number of aromatic amines is 2. The third-order valence-corrected chi connectivity index (χ3v) is 6.58. The third-order valence-electron chi connectivity index (χ3n) is 6.58. The van der Waals surface area contributed by atoms with E-state index in [2.05, 4.69) is 30.5 Å². The molecule has 0 atom stereocenters. The van der Waals surface area contributed by atoms with Crippen LogP contribution in [0.25, 0.3) is 55.6 Å². The average Bonchev–Trinajstić information content (AvgIpc) is 3.56. The monoisotopic (exact) mass is 520 g/mol. The number of ether oxygens (including phenoxy) is 1. The summed E-state index contributed by atoms with van der Waals surface area (Å²) in [6, 6.07) is 16.4. The number of fused-ring (bicyclic) bond motifs is 2. The van der Waals surface area contributed by atoms with Crippen molar-refractivity contribution in [2.75, 3.05) is 12.4 Å². The molecule has 0 fully saturated rings. The Hall–Kier alpha value is -5.05. The molecule has 194 valence electrons. The number of nitrogens with zero attached hydrogens (tertiary/aromatic N) is 3.